The van der Waals surface area contributed by atoms with Crippen LogP contribution in [0.4, 0.5) is 5.69 Å². The Morgan fingerprint density at radius 1 is 1.18 bits per heavy atom. The summed E-state index contributed by atoms with van der Waals surface area (Å²) in [6, 6.07) is 15.0. The van der Waals surface area contributed by atoms with Crippen molar-refractivity contribution in [1.29, 1.82) is 0 Å². The van der Waals surface area contributed by atoms with Crippen LogP contribution in [0.15, 0.2) is 42.5 Å². The molecule has 114 valence electrons. The molecule has 0 spiro atoms. The number of carboxylic acid groups (broad SMARTS) is 1. The lowest BCUT2D eigenvalue weighted by atomic mass is 9.95. The van der Waals surface area contributed by atoms with Gasteiger partial charge in [0.15, 0.2) is 0 Å². The molecule has 2 aromatic carbocycles. The maximum Gasteiger partial charge on any atom is 0.303 e. The van der Waals surface area contributed by atoms with Crippen LogP contribution in [0.25, 0.3) is 0 Å². The molecule has 2 aromatic rings. The predicted molar refractivity (Wildman–Crippen MR) is 88.3 cm³/mol. The zero-order chi connectivity index (χ0) is 15.5. The number of nitrogens with zero attached hydrogens (tertiary/aromatic N) is 1. The third-order valence-corrected chi connectivity index (χ3v) is 4.28. The number of rotatable bonds is 4. The minimum absolute atomic E-state index is 0.203. The predicted octanol–water partition coefficient (Wildman–Crippen LogP) is 3.57. The second-order valence-electron chi connectivity index (χ2n) is 6.01. The third kappa shape index (κ3) is 3.30. The average Bonchev–Trinajstić information content (AvgIpc) is 2.52. The van der Waals surface area contributed by atoms with E-state index in [-0.39, 0.29) is 6.42 Å². The van der Waals surface area contributed by atoms with Gasteiger partial charge in [0.25, 0.3) is 0 Å². The highest BCUT2D eigenvalue weighted by atomic mass is 16.4. The van der Waals surface area contributed by atoms with Crippen molar-refractivity contribution in [3.8, 4) is 0 Å². The fourth-order valence-electron chi connectivity index (χ4n) is 3.06. The quantitative estimate of drug-likeness (QED) is 0.937. The van der Waals surface area contributed by atoms with Crippen molar-refractivity contribution in [3.05, 3.63) is 64.7 Å². The van der Waals surface area contributed by atoms with Crippen molar-refractivity contribution < 1.29 is 9.90 Å². The van der Waals surface area contributed by atoms with Crippen LogP contribution in [-0.4, -0.2) is 17.6 Å². The number of anilines is 1. The molecule has 3 nitrogen and oxygen atoms in total. The van der Waals surface area contributed by atoms with Gasteiger partial charge in [0.05, 0.1) is 0 Å². The number of benzene rings is 2. The van der Waals surface area contributed by atoms with Crippen molar-refractivity contribution in [2.24, 2.45) is 0 Å². The van der Waals surface area contributed by atoms with Crippen LogP contribution in [0.5, 0.6) is 0 Å². The largest absolute Gasteiger partial charge is 0.481 e. The first-order valence-corrected chi connectivity index (χ1v) is 7.76. The van der Waals surface area contributed by atoms with E-state index in [1.807, 2.05) is 0 Å². The number of carboxylic acids is 1. The highest BCUT2D eigenvalue weighted by Crippen LogP contribution is 2.26. The van der Waals surface area contributed by atoms with Crippen LogP contribution in [0.1, 0.15) is 28.7 Å². The van der Waals surface area contributed by atoms with E-state index in [2.05, 4.69) is 54.3 Å². The molecule has 0 fully saturated rings. The van der Waals surface area contributed by atoms with Gasteiger partial charge in [-0.15, -0.1) is 0 Å². The van der Waals surface area contributed by atoms with Gasteiger partial charge in [-0.05, 0) is 54.2 Å². The Hall–Kier alpha value is -2.29. The van der Waals surface area contributed by atoms with Crippen molar-refractivity contribution in [2.75, 3.05) is 11.4 Å². The minimum Gasteiger partial charge on any atom is -0.481 e. The number of carbonyl (C=O) groups is 1. The lowest BCUT2D eigenvalue weighted by Gasteiger charge is -2.31. The number of hydrogen-bond donors (Lipinski definition) is 1. The molecule has 3 heteroatoms. The molecular weight excluding hydrogens is 274 g/mol. The first kappa shape index (κ1) is 14.6. The molecule has 0 saturated carbocycles. The molecular formula is C19H21NO2. The number of aryl methyl sites for hydroxylation is 2. The Morgan fingerprint density at radius 2 is 2.05 bits per heavy atom. The van der Waals surface area contributed by atoms with Gasteiger partial charge < -0.3 is 10.0 Å². The van der Waals surface area contributed by atoms with Gasteiger partial charge in [-0.25, -0.2) is 0 Å². The van der Waals surface area contributed by atoms with E-state index in [1.165, 1.54) is 22.4 Å². The normalized spacial score (nSPS) is 13.8. The van der Waals surface area contributed by atoms with Crippen molar-refractivity contribution >= 4 is 11.7 Å². The van der Waals surface area contributed by atoms with E-state index in [1.54, 1.807) is 0 Å². The summed E-state index contributed by atoms with van der Waals surface area (Å²) in [5, 5.41) is 8.79. The summed E-state index contributed by atoms with van der Waals surface area (Å²) in [5.74, 6) is -0.733. The van der Waals surface area contributed by atoms with Gasteiger partial charge in [0.1, 0.15) is 0 Å². The van der Waals surface area contributed by atoms with E-state index in [9.17, 15) is 4.79 Å². The smallest absolute Gasteiger partial charge is 0.303 e. The highest BCUT2D eigenvalue weighted by molar-refractivity contribution is 5.67. The van der Waals surface area contributed by atoms with Gasteiger partial charge in [-0.2, -0.15) is 0 Å². The van der Waals surface area contributed by atoms with Crippen LogP contribution in [0.3, 0.4) is 0 Å². The summed E-state index contributed by atoms with van der Waals surface area (Å²) in [4.78, 5) is 13.1. The van der Waals surface area contributed by atoms with E-state index >= 15 is 0 Å². The number of aliphatic carboxylic acids is 1. The molecule has 0 atom stereocenters. The van der Waals surface area contributed by atoms with E-state index in [0.29, 0.717) is 6.42 Å². The minimum atomic E-state index is -0.733. The summed E-state index contributed by atoms with van der Waals surface area (Å²) in [5.41, 5.74) is 6.41. The summed E-state index contributed by atoms with van der Waals surface area (Å²) >= 11 is 0. The Morgan fingerprint density at radius 3 is 2.82 bits per heavy atom. The van der Waals surface area contributed by atoms with Crippen LogP contribution in [0.2, 0.25) is 0 Å². The molecule has 22 heavy (non-hydrogen) atoms. The maximum absolute atomic E-state index is 10.7. The third-order valence-electron chi connectivity index (χ3n) is 4.28. The number of fused-ring (bicyclic) bond motifs is 1. The first-order chi connectivity index (χ1) is 10.6. The Labute approximate surface area is 131 Å². The van der Waals surface area contributed by atoms with E-state index < -0.39 is 5.97 Å². The van der Waals surface area contributed by atoms with Crippen LogP contribution < -0.4 is 4.90 Å². The second-order valence-corrected chi connectivity index (χ2v) is 6.01. The topological polar surface area (TPSA) is 40.5 Å². The van der Waals surface area contributed by atoms with Gasteiger partial charge in [-0.3, -0.25) is 4.79 Å². The summed E-state index contributed by atoms with van der Waals surface area (Å²) in [6.07, 6.45) is 1.84. The second kappa shape index (κ2) is 6.22. The molecule has 0 aromatic heterocycles. The highest BCUT2D eigenvalue weighted by Gasteiger charge is 2.17. The van der Waals surface area contributed by atoms with Crippen LogP contribution in [-0.2, 0) is 24.2 Å². The lowest BCUT2D eigenvalue weighted by molar-refractivity contribution is -0.136. The van der Waals surface area contributed by atoms with Gasteiger partial charge in [0.2, 0.25) is 0 Å². The van der Waals surface area contributed by atoms with E-state index in [0.717, 1.165) is 25.1 Å². The molecule has 0 saturated heterocycles. The van der Waals surface area contributed by atoms with Crippen LogP contribution in [0, 0.1) is 6.92 Å². The van der Waals surface area contributed by atoms with Crippen molar-refractivity contribution in [3.63, 3.8) is 0 Å². The fourth-order valence-corrected chi connectivity index (χ4v) is 3.06. The molecule has 0 radical (unpaired) electrons. The monoisotopic (exact) mass is 295 g/mol. The number of hydrogen-bond acceptors (Lipinski definition) is 2. The first-order valence-electron chi connectivity index (χ1n) is 7.76. The summed E-state index contributed by atoms with van der Waals surface area (Å²) in [7, 11) is 0. The molecule has 0 unspecified atom stereocenters. The lowest BCUT2D eigenvalue weighted by Crippen LogP contribution is -2.30. The Bertz CT molecular complexity index is 694. The Balaban J connectivity index is 1.75. The zero-order valence-corrected chi connectivity index (χ0v) is 12.9. The molecule has 1 aliphatic heterocycles. The van der Waals surface area contributed by atoms with Gasteiger partial charge in [0, 0.05) is 25.2 Å². The van der Waals surface area contributed by atoms with Crippen molar-refractivity contribution in [2.45, 2.75) is 32.7 Å². The zero-order valence-electron chi connectivity index (χ0n) is 12.9. The molecule has 1 heterocycles. The van der Waals surface area contributed by atoms with Crippen molar-refractivity contribution in [1.82, 2.24) is 0 Å². The molecule has 0 aliphatic carbocycles. The fraction of sp³-hybridized carbons (Fsp3) is 0.316. The molecule has 0 amide bonds. The van der Waals surface area contributed by atoms with Gasteiger partial charge >= 0.3 is 5.97 Å². The van der Waals surface area contributed by atoms with Gasteiger partial charge in [-0.1, -0.05) is 30.3 Å². The average molecular weight is 295 g/mol. The maximum atomic E-state index is 10.7. The Kier molecular flexibility index (Phi) is 4.14. The molecule has 1 aliphatic rings. The summed E-state index contributed by atoms with van der Waals surface area (Å²) in [6.45, 7) is 4.06. The molecule has 3 rings (SSSR count). The standard InChI is InChI=1S/C19H21NO2/c1-14-3-2-4-18(11-14)20-10-9-16-12-15(6-8-19(21)22)5-7-17(16)13-20/h2-5,7,11-12H,6,8-10,13H2,1H3,(H,21,22). The molecule has 0 bridgehead atoms. The SMILES string of the molecule is Cc1cccc(N2CCc3cc(CCC(=O)O)ccc3C2)c1. The van der Waals surface area contributed by atoms with E-state index in [4.69, 9.17) is 5.11 Å². The van der Waals surface area contributed by atoms with Crippen LogP contribution >= 0.6 is 0 Å². The summed E-state index contributed by atoms with van der Waals surface area (Å²) < 4.78 is 0. The molecule has 1 N–H and O–H groups in total.